The van der Waals surface area contributed by atoms with Gasteiger partial charge in [0.25, 0.3) is 0 Å². The van der Waals surface area contributed by atoms with Crippen LogP contribution in [-0.2, 0) is 11.2 Å². The fraction of sp³-hybridized carbons (Fsp3) is 0.350. The van der Waals surface area contributed by atoms with Crippen LogP contribution in [0.15, 0.2) is 42.5 Å². The number of hydrogen-bond donors (Lipinski definition) is 2. The van der Waals surface area contributed by atoms with Gasteiger partial charge in [0.2, 0.25) is 5.91 Å². The summed E-state index contributed by atoms with van der Waals surface area (Å²) in [6.07, 6.45) is 0.475. The van der Waals surface area contributed by atoms with E-state index < -0.39 is 6.04 Å². The average molecular weight is 377 g/mol. The van der Waals surface area contributed by atoms with Gasteiger partial charge in [-0.3, -0.25) is 4.79 Å². The molecule has 1 atom stereocenters. The van der Waals surface area contributed by atoms with Crippen molar-refractivity contribution in [3.63, 3.8) is 0 Å². The molecule has 3 N–H and O–H groups in total. The highest BCUT2D eigenvalue weighted by molar-refractivity contribution is 5.85. The maximum Gasteiger partial charge on any atom is 0.240 e. The normalized spacial score (nSPS) is 15.0. The summed E-state index contributed by atoms with van der Waals surface area (Å²) in [5.41, 5.74) is 9.19. The van der Waals surface area contributed by atoms with E-state index in [0.717, 1.165) is 22.4 Å². The summed E-state index contributed by atoms with van der Waals surface area (Å²) < 4.78 is 6.04. The third-order valence-electron chi connectivity index (χ3n) is 4.56. The third-order valence-corrected chi connectivity index (χ3v) is 4.56. The number of carbonyl (C=O) groups is 1. The standard InChI is InChI=1S/C20H24N2O3.ClH/c1-13-4-3-5-14(2)19(13)25-17-11-22(12-17)20(24)18(21)10-15-6-8-16(23)9-7-15;/h3-9,17-18,23H,10-12,21H2,1-2H3;1H/t18-;/m0./s1. The van der Waals surface area contributed by atoms with E-state index in [1.165, 1.54) is 0 Å². The van der Waals surface area contributed by atoms with Crippen LogP contribution in [0.4, 0.5) is 0 Å². The number of phenols is 1. The molecule has 3 rings (SSSR count). The number of para-hydroxylation sites is 1. The molecule has 0 radical (unpaired) electrons. The van der Waals surface area contributed by atoms with Crippen molar-refractivity contribution in [3.05, 3.63) is 59.2 Å². The number of ether oxygens (including phenoxy) is 1. The van der Waals surface area contributed by atoms with Gasteiger partial charge in [0.05, 0.1) is 19.1 Å². The Morgan fingerprint density at radius 2 is 1.77 bits per heavy atom. The van der Waals surface area contributed by atoms with Gasteiger partial charge in [-0.15, -0.1) is 12.4 Å². The first-order valence-electron chi connectivity index (χ1n) is 8.49. The largest absolute Gasteiger partial charge is 0.508 e. The van der Waals surface area contributed by atoms with Crippen molar-refractivity contribution in [2.75, 3.05) is 13.1 Å². The Bertz CT molecular complexity index is 738. The number of nitrogens with zero attached hydrogens (tertiary/aromatic N) is 1. The zero-order valence-corrected chi connectivity index (χ0v) is 15.8. The first kappa shape index (κ1) is 20.1. The molecule has 1 saturated heterocycles. The number of amides is 1. The molecule has 0 bridgehead atoms. The summed E-state index contributed by atoms with van der Waals surface area (Å²) in [5, 5.41) is 9.30. The Hall–Kier alpha value is -2.24. The monoisotopic (exact) mass is 376 g/mol. The summed E-state index contributed by atoms with van der Waals surface area (Å²) in [6.45, 7) is 5.18. The second kappa shape index (κ2) is 8.43. The van der Waals surface area contributed by atoms with E-state index in [1.54, 1.807) is 29.2 Å². The zero-order chi connectivity index (χ0) is 18.0. The fourth-order valence-electron chi connectivity index (χ4n) is 3.05. The predicted octanol–water partition coefficient (Wildman–Crippen LogP) is 2.59. The van der Waals surface area contributed by atoms with Crippen molar-refractivity contribution in [2.45, 2.75) is 32.4 Å². The summed E-state index contributed by atoms with van der Waals surface area (Å²) in [7, 11) is 0. The van der Waals surface area contributed by atoms with Crippen molar-refractivity contribution < 1.29 is 14.6 Å². The number of aryl methyl sites for hydroxylation is 2. The molecule has 5 nitrogen and oxygen atoms in total. The van der Waals surface area contributed by atoms with Crippen LogP contribution in [0.3, 0.4) is 0 Å². The van der Waals surface area contributed by atoms with E-state index in [2.05, 4.69) is 0 Å². The van der Waals surface area contributed by atoms with Crippen LogP contribution in [0, 0.1) is 13.8 Å². The molecule has 1 amide bonds. The van der Waals surface area contributed by atoms with E-state index in [1.807, 2.05) is 32.0 Å². The van der Waals surface area contributed by atoms with Crippen LogP contribution in [0.1, 0.15) is 16.7 Å². The fourth-order valence-corrected chi connectivity index (χ4v) is 3.05. The smallest absolute Gasteiger partial charge is 0.240 e. The Kier molecular flexibility index (Phi) is 6.51. The second-order valence-corrected chi connectivity index (χ2v) is 6.68. The molecule has 1 aliphatic rings. The minimum Gasteiger partial charge on any atom is -0.508 e. The van der Waals surface area contributed by atoms with Gasteiger partial charge < -0.3 is 20.5 Å². The second-order valence-electron chi connectivity index (χ2n) is 6.68. The number of carbonyl (C=O) groups excluding carboxylic acids is 1. The van der Waals surface area contributed by atoms with Gasteiger partial charge in [0.1, 0.15) is 17.6 Å². The minimum atomic E-state index is -0.578. The number of nitrogens with two attached hydrogens (primary N) is 1. The van der Waals surface area contributed by atoms with Crippen LogP contribution in [0.5, 0.6) is 11.5 Å². The highest BCUT2D eigenvalue weighted by Crippen LogP contribution is 2.26. The molecule has 0 spiro atoms. The summed E-state index contributed by atoms with van der Waals surface area (Å²) in [6, 6.07) is 12.3. The molecule has 0 aromatic heterocycles. The summed E-state index contributed by atoms with van der Waals surface area (Å²) in [5.74, 6) is 1.06. The Morgan fingerprint density at radius 1 is 1.19 bits per heavy atom. The van der Waals surface area contributed by atoms with Crippen LogP contribution >= 0.6 is 12.4 Å². The lowest BCUT2D eigenvalue weighted by molar-refractivity contribution is -0.141. The van der Waals surface area contributed by atoms with E-state index in [9.17, 15) is 9.90 Å². The molecular weight excluding hydrogens is 352 g/mol. The third kappa shape index (κ3) is 4.48. The lowest BCUT2D eigenvalue weighted by atomic mass is 10.0. The molecule has 0 aliphatic carbocycles. The molecule has 6 heteroatoms. The van der Waals surface area contributed by atoms with Gasteiger partial charge in [-0.25, -0.2) is 0 Å². The van der Waals surface area contributed by atoms with Crippen LogP contribution in [0.25, 0.3) is 0 Å². The van der Waals surface area contributed by atoms with Crippen molar-refractivity contribution in [1.29, 1.82) is 0 Å². The van der Waals surface area contributed by atoms with Gasteiger partial charge in [0, 0.05) is 0 Å². The van der Waals surface area contributed by atoms with Crippen LogP contribution in [0.2, 0.25) is 0 Å². The number of halogens is 1. The Labute approximate surface area is 160 Å². The highest BCUT2D eigenvalue weighted by atomic mass is 35.5. The minimum absolute atomic E-state index is 0. The molecule has 1 aliphatic heterocycles. The summed E-state index contributed by atoms with van der Waals surface area (Å²) in [4.78, 5) is 14.2. The van der Waals surface area contributed by atoms with Gasteiger partial charge in [-0.1, -0.05) is 30.3 Å². The Balaban J connectivity index is 0.00000243. The lowest BCUT2D eigenvalue weighted by Gasteiger charge is -2.40. The SMILES string of the molecule is Cc1cccc(C)c1OC1CN(C(=O)[C@@H](N)Cc2ccc(O)cc2)C1.Cl. The average Bonchev–Trinajstić information content (AvgIpc) is 2.54. The molecule has 140 valence electrons. The maximum absolute atomic E-state index is 12.4. The number of phenolic OH excluding ortho intramolecular Hbond substituents is 1. The molecule has 1 heterocycles. The number of benzene rings is 2. The van der Waals surface area contributed by atoms with E-state index in [-0.39, 0.29) is 30.2 Å². The van der Waals surface area contributed by atoms with E-state index in [4.69, 9.17) is 10.5 Å². The van der Waals surface area contributed by atoms with Crippen molar-refractivity contribution in [3.8, 4) is 11.5 Å². The van der Waals surface area contributed by atoms with Gasteiger partial charge in [-0.2, -0.15) is 0 Å². The number of likely N-dealkylation sites (tertiary alicyclic amines) is 1. The predicted molar refractivity (Wildman–Crippen MR) is 104 cm³/mol. The van der Waals surface area contributed by atoms with Gasteiger partial charge in [0.15, 0.2) is 0 Å². The van der Waals surface area contributed by atoms with Crippen molar-refractivity contribution in [1.82, 2.24) is 4.90 Å². The number of aromatic hydroxyl groups is 1. The first-order chi connectivity index (χ1) is 11.9. The van der Waals surface area contributed by atoms with Crippen LogP contribution < -0.4 is 10.5 Å². The molecule has 1 fully saturated rings. The van der Waals surface area contributed by atoms with Crippen molar-refractivity contribution in [2.24, 2.45) is 5.73 Å². The van der Waals surface area contributed by atoms with Gasteiger partial charge in [-0.05, 0) is 49.1 Å². The zero-order valence-electron chi connectivity index (χ0n) is 15.0. The molecule has 0 unspecified atom stereocenters. The first-order valence-corrected chi connectivity index (χ1v) is 8.49. The van der Waals surface area contributed by atoms with E-state index >= 15 is 0 Å². The Morgan fingerprint density at radius 3 is 2.35 bits per heavy atom. The lowest BCUT2D eigenvalue weighted by Crippen LogP contribution is -2.60. The molecule has 2 aromatic carbocycles. The molecule has 2 aromatic rings. The molecule has 26 heavy (non-hydrogen) atoms. The van der Waals surface area contributed by atoms with E-state index in [0.29, 0.717) is 19.5 Å². The highest BCUT2D eigenvalue weighted by Gasteiger charge is 2.35. The summed E-state index contributed by atoms with van der Waals surface area (Å²) >= 11 is 0. The van der Waals surface area contributed by atoms with Crippen molar-refractivity contribution >= 4 is 18.3 Å². The number of rotatable bonds is 5. The maximum atomic E-state index is 12.4. The molecular formula is C20H25ClN2O3. The quantitative estimate of drug-likeness (QED) is 0.841. The number of hydrogen-bond acceptors (Lipinski definition) is 4. The topological polar surface area (TPSA) is 75.8 Å². The van der Waals surface area contributed by atoms with Crippen LogP contribution in [-0.4, -0.2) is 41.1 Å². The van der Waals surface area contributed by atoms with Gasteiger partial charge >= 0.3 is 0 Å². The molecule has 0 saturated carbocycles.